The van der Waals surface area contributed by atoms with Crippen LogP contribution in [0.5, 0.6) is 0 Å². The van der Waals surface area contributed by atoms with Gasteiger partial charge in [-0.2, -0.15) is 0 Å². The molecule has 0 heterocycles. The standard InChI is InChI=1S/C8H22N2OSi/c1-4-7(9)6-12(3,11)8(10)5-2/h7-8,11H,4-6,9-10H2,1-3H3. The minimum atomic E-state index is -2.24. The van der Waals surface area contributed by atoms with Crippen LogP contribution in [0.4, 0.5) is 0 Å². The normalized spacial score (nSPS) is 21.5. The molecule has 0 aliphatic carbocycles. The summed E-state index contributed by atoms with van der Waals surface area (Å²) in [5.74, 6) is 0. The third-order valence-electron chi connectivity index (χ3n) is 2.44. The van der Waals surface area contributed by atoms with E-state index in [9.17, 15) is 4.80 Å². The van der Waals surface area contributed by atoms with Crippen LogP contribution in [0.25, 0.3) is 0 Å². The molecule has 0 amide bonds. The van der Waals surface area contributed by atoms with Gasteiger partial charge in [-0.25, -0.2) is 0 Å². The summed E-state index contributed by atoms with van der Waals surface area (Å²) in [6.07, 6.45) is 1.76. The summed E-state index contributed by atoms with van der Waals surface area (Å²) in [4.78, 5) is 10.0. The van der Waals surface area contributed by atoms with Crippen molar-refractivity contribution in [3.63, 3.8) is 0 Å². The summed E-state index contributed by atoms with van der Waals surface area (Å²) >= 11 is 0. The van der Waals surface area contributed by atoms with Crippen LogP contribution in [-0.4, -0.2) is 24.8 Å². The van der Waals surface area contributed by atoms with E-state index >= 15 is 0 Å². The number of nitrogens with two attached hydrogens (primary N) is 2. The average molecular weight is 190 g/mol. The lowest BCUT2D eigenvalue weighted by atomic mass is 10.3. The molecule has 0 aromatic rings. The fraction of sp³-hybridized carbons (Fsp3) is 1.00. The van der Waals surface area contributed by atoms with Crippen molar-refractivity contribution in [2.45, 2.75) is 51.0 Å². The quantitative estimate of drug-likeness (QED) is 0.555. The maximum atomic E-state index is 10.0. The van der Waals surface area contributed by atoms with E-state index in [0.29, 0.717) is 0 Å². The van der Waals surface area contributed by atoms with Gasteiger partial charge in [0.2, 0.25) is 8.32 Å². The van der Waals surface area contributed by atoms with Gasteiger partial charge in [-0.3, -0.25) is 0 Å². The van der Waals surface area contributed by atoms with E-state index in [1.165, 1.54) is 0 Å². The van der Waals surface area contributed by atoms with Crippen molar-refractivity contribution >= 4 is 8.32 Å². The Hall–Kier alpha value is 0.0969. The van der Waals surface area contributed by atoms with Crippen LogP contribution < -0.4 is 11.5 Å². The number of hydrogen-bond donors (Lipinski definition) is 3. The zero-order valence-corrected chi connectivity index (χ0v) is 9.38. The number of rotatable bonds is 5. The summed E-state index contributed by atoms with van der Waals surface area (Å²) in [5.41, 5.74) is 11.5. The average Bonchev–Trinajstić information content (AvgIpc) is 2.02. The highest BCUT2D eigenvalue weighted by Crippen LogP contribution is 2.14. The van der Waals surface area contributed by atoms with Crippen molar-refractivity contribution in [1.82, 2.24) is 0 Å². The zero-order chi connectivity index (χ0) is 9.78. The molecular formula is C8H22N2OSi. The Kier molecular flexibility index (Phi) is 5.00. The Bertz CT molecular complexity index is 130. The topological polar surface area (TPSA) is 72.3 Å². The lowest BCUT2D eigenvalue weighted by Crippen LogP contribution is -2.53. The van der Waals surface area contributed by atoms with E-state index in [4.69, 9.17) is 11.5 Å². The van der Waals surface area contributed by atoms with Crippen molar-refractivity contribution in [3.05, 3.63) is 0 Å². The van der Waals surface area contributed by atoms with Crippen LogP contribution in [-0.2, 0) is 0 Å². The first kappa shape index (κ1) is 12.1. The Balaban J connectivity index is 4.02. The Morgan fingerprint density at radius 1 is 1.25 bits per heavy atom. The maximum absolute atomic E-state index is 10.0. The summed E-state index contributed by atoms with van der Waals surface area (Å²) in [6.45, 7) is 5.94. The van der Waals surface area contributed by atoms with Gasteiger partial charge in [-0.1, -0.05) is 13.8 Å². The smallest absolute Gasteiger partial charge is 0.203 e. The highest BCUT2D eigenvalue weighted by atomic mass is 28.4. The van der Waals surface area contributed by atoms with Gasteiger partial charge in [0.15, 0.2) is 0 Å². The van der Waals surface area contributed by atoms with Gasteiger partial charge >= 0.3 is 0 Å². The molecule has 0 aromatic heterocycles. The molecular weight excluding hydrogens is 168 g/mol. The molecule has 0 fully saturated rings. The maximum Gasteiger partial charge on any atom is 0.203 e. The molecule has 0 rings (SSSR count). The van der Waals surface area contributed by atoms with Crippen LogP contribution in [0.2, 0.25) is 12.6 Å². The molecule has 0 radical (unpaired) electrons. The highest BCUT2D eigenvalue weighted by Gasteiger charge is 2.32. The molecule has 3 atom stereocenters. The van der Waals surface area contributed by atoms with Crippen molar-refractivity contribution in [2.75, 3.05) is 0 Å². The van der Waals surface area contributed by atoms with E-state index in [-0.39, 0.29) is 11.7 Å². The lowest BCUT2D eigenvalue weighted by molar-refractivity contribution is 0.492. The second kappa shape index (κ2) is 4.96. The van der Waals surface area contributed by atoms with Gasteiger partial charge in [0.05, 0.1) is 0 Å². The molecule has 0 aliphatic rings. The molecule has 0 aromatic carbocycles. The summed E-state index contributed by atoms with van der Waals surface area (Å²) in [5, 5.41) is 0. The van der Waals surface area contributed by atoms with Crippen LogP contribution in [0.3, 0.4) is 0 Å². The highest BCUT2D eigenvalue weighted by molar-refractivity contribution is 6.72. The lowest BCUT2D eigenvalue weighted by Gasteiger charge is -2.28. The van der Waals surface area contributed by atoms with Crippen LogP contribution in [0.1, 0.15) is 26.7 Å². The summed E-state index contributed by atoms with van der Waals surface area (Å²) < 4.78 is 0. The third-order valence-corrected chi connectivity index (χ3v) is 5.80. The number of hydrogen-bond acceptors (Lipinski definition) is 3. The van der Waals surface area contributed by atoms with Crippen molar-refractivity contribution < 1.29 is 4.80 Å². The Labute approximate surface area is 76.3 Å². The largest absolute Gasteiger partial charge is 0.430 e. The fourth-order valence-electron chi connectivity index (χ4n) is 1.27. The monoisotopic (exact) mass is 190 g/mol. The minimum Gasteiger partial charge on any atom is -0.430 e. The second-order valence-electron chi connectivity index (χ2n) is 3.74. The molecule has 12 heavy (non-hydrogen) atoms. The molecule has 4 heteroatoms. The molecule has 0 aliphatic heterocycles. The van der Waals surface area contributed by atoms with Gasteiger partial charge in [-0.05, 0) is 25.4 Å². The molecule has 0 spiro atoms. The minimum absolute atomic E-state index is 0.0323. The first-order valence-electron chi connectivity index (χ1n) is 4.67. The van der Waals surface area contributed by atoms with Gasteiger partial charge in [0, 0.05) is 11.7 Å². The predicted molar refractivity (Wildman–Crippen MR) is 55.2 cm³/mol. The van der Waals surface area contributed by atoms with Gasteiger partial charge in [0.1, 0.15) is 0 Å². The first-order chi connectivity index (χ1) is 5.44. The summed E-state index contributed by atoms with van der Waals surface area (Å²) in [7, 11) is -2.24. The SMILES string of the molecule is CCC(N)C[Si](C)(O)C(N)CC. The van der Waals surface area contributed by atoms with Crippen LogP contribution in [0.15, 0.2) is 0 Å². The van der Waals surface area contributed by atoms with Crippen LogP contribution in [0, 0.1) is 0 Å². The molecule has 3 nitrogen and oxygen atoms in total. The van der Waals surface area contributed by atoms with E-state index in [2.05, 4.69) is 0 Å². The first-order valence-corrected chi connectivity index (χ1v) is 7.40. The van der Waals surface area contributed by atoms with Gasteiger partial charge < -0.3 is 16.3 Å². The van der Waals surface area contributed by atoms with Crippen molar-refractivity contribution in [3.8, 4) is 0 Å². The molecule has 0 bridgehead atoms. The van der Waals surface area contributed by atoms with E-state index in [1.807, 2.05) is 20.4 Å². The molecule has 3 unspecified atom stereocenters. The Morgan fingerprint density at radius 2 is 1.75 bits per heavy atom. The third kappa shape index (κ3) is 3.67. The van der Waals surface area contributed by atoms with E-state index in [1.54, 1.807) is 0 Å². The van der Waals surface area contributed by atoms with Gasteiger partial charge in [-0.15, -0.1) is 0 Å². The Morgan fingerprint density at radius 3 is 2.08 bits per heavy atom. The van der Waals surface area contributed by atoms with Crippen molar-refractivity contribution in [2.24, 2.45) is 11.5 Å². The fourth-order valence-corrected chi connectivity index (χ4v) is 3.80. The van der Waals surface area contributed by atoms with E-state index < -0.39 is 8.32 Å². The second-order valence-corrected chi connectivity index (χ2v) is 7.61. The van der Waals surface area contributed by atoms with E-state index in [0.717, 1.165) is 18.9 Å². The predicted octanol–water partition coefficient (Wildman–Crippen LogP) is 0.568. The van der Waals surface area contributed by atoms with Gasteiger partial charge in [0.25, 0.3) is 0 Å². The molecule has 74 valence electrons. The van der Waals surface area contributed by atoms with Crippen molar-refractivity contribution in [1.29, 1.82) is 0 Å². The molecule has 5 N–H and O–H groups in total. The van der Waals surface area contributed by atoms with Crippen LogP contribution >= 0.6 is 0 Å². The zero-order valence-electron chi connectivity index (χ0n) is 8.38. The molecule has 0 saturated carbocycles. The summed E-state index contributed by atoms with van der Waals surface area (Å²) in [6, 6.07) is 0.836. The molecule has 0 saturated heterocycles.